The number of amides is 4. The third-order valence-corrected chi connectivity index (χ3v) is 7.17. The SMILES string of the molecule is COc1cc(CN2C[C@@H](CC(N)=O)N(C(=O)NCC3CCCCC3)[C@@H](CC(C)C)C2=O)cc(OC)c1. The van der Waals surface area contributed by atoms with Crippen molar-refractivity contribution in [1.82, 2.24) is 15.1 Å². The monoisotopic (exact) mass is 502 g/mol. The highest BCUT2D eigenvalue weighted by atomic mass is 16.5. The zero-order valence-electron chi connectivity index (χ0n) is 22.1. The van der Waals surface area contributed by atoms with Gasteiger partial charge in [-0.15, -0.1) is 0 Å². The number of nitrogens with two attached hydrogens (primary N) is 1. The minimum absolute atomic E-state index is 0.00332. The predicted octanol–water partition coefficient (Wildman–Crippen LogP) is 3.30. The fourth-order valence-electron chi connectivity index (χ4n) is 5.41. The molecule has 1 aliphatic heterocycles. The molecule has 1 heterocycles. The standard InChI is InChI=1S/C27H42N4O5/c1-18(2)10-24-26(33)30(16-20-11-22(35-3)14-23(12-20)36-4)17-21(13-25(28)32)31(24)27(34)29-15-19-8-6-5-7-9-19/h11-12,14,18-19,21,24H,5-10,13,15-17H2,1-4H3,(H2,28,32)(H,29,34)/t21-,24+/m1/s1. The zero-order valence-corrected chi connectivity index (χ0v) is 22.1. The van der Waals surface area contributed by atoms with E-state index in [0.717, 1.165) is 18.4 Å². The first-order valence-electron chi connectivity index (χ1n) is 13.1. The van der Waals surface area contributed by atoms with Crippen LogP contribution in [0.2, 0.25) is 0 Å². The average Bonchev–Trinajstić information content (AvgIpc) is 2.85. The van der Waals surface area contributed by atoms with Crippen LogP contribution in [0.5, 0.6) is 11.5 Å². The van der Waals surface area contributed by atoms with E-state index in [-0.39, 0.29) is 30.8 Å². The summed E-state index contributed by atoms with van der Waals surface area (Å²) in [4.78, 5) is 42.5. The number of nitrogens with one attached hydrogen (secondary N) is 1. The number of hydrogen-bond acceptors (Lipinski definition) is 5. The van der Waals surface area contributed by atoms with Crippen molar-refractivity contribution in [2.24, 2.45) is 17.6 Å². The van der Waals surface area contributed by atoms with Gasteiger partial charge in [0.15, 0.2) is 0 Å². The number of carbonyl (C=O) groups excluding carboxylic acids is 3. The third kappa shape index (κ3) is 7.27. The molecule has 1 aromatic rings. The van der Waals surface area contributed by atoms with Gasteiger partial charge in [0.05, 0.1) is 20.3 Å². The Kier molecular flexibility index (Phi) is 9.84. The Morgan fingerprint density at radius 2 is 1.72 bits per heavy atom. The lowest BCUT2D eigenvalue weighted by Gasteiger charge is -2.46. The molecule has 4 amide bonds. The number of urea groups is 1. The molecule has 3 N–H and O–H groups in total. The summed E-state index contributed by atoms with van der Waals surface area (Å²) >= 11 is 0. The molecule has 0 radical (unpaired) electrons. The molecule has 2 fully saturated rings. The van der Waals surface area contributed by atoms with Gasteiger partial charge in [0.2, 0.25) is 11.8 Å². The highest BCUT2D eigenvalue weighted by molar-refractivity contribution is 5.89. The van der Waals surface area contributed by atoms with Gasteiger partial charge in [-0.05, 0) is 48.8 Å². The fourth-order valence-corrected chi connectivity index (χ4v) is 5.41. The van der Waals surface area contributed by atoms with Gasteiger partial charge in [-0.2, -0.15) is 0 Å². The van der Waals surface area contributed by atoms with Crippen LogP contribution >= 0.6 is 0 Å². The first-order chi connectivity index (χ1) is 17.2. The van der Waals surface area contributed by atoms with Gasteiger partial charge < -0.3 is 30.3 Å². The molecule has 1 saturated carbocycles. The van der Waals surface area contributed by atoms with Crippen molar-refractivity contribution in [3.63, 3.8) is 0 Å². The molecule has 200 valence electrons. The predicted molar refractivity (Wildman–Crippen MR) is 138 cm³/mol. The molecule has 2 atom stereocenters. The number of hydrogen-bond donors (Lipinski definition) is 2. The molecule has 9 heteroatoms. The Balaban J connectivity index is 1.84. The first-order valence-corrected chi connectivity index (χ1v) is 13.1. The quantitative estimate of drug-likeness (QED) is 0.510. The maximum atomic E-state index is 13.8. The zero-order chi connectivity index (χ0) is 26.2. The Morgan fingerprint density at radius 3 is 2.28 bits per heavy atom. The van der Waals surface area contributed by atoms with Crippen LogP contribution in [0.15, 0.2) is 18.2 Å². The number of rotatable bonds is 10. The summed E-state index contributed by atoms with van der Waals surface area (Å²) in [7, 11) is 3.16. The number of methoxy groups -OCH3 is 2. The van der Waals surface area contributed by atoms with Crippen molar-refractivity contribution in [3.8, 4) is 11.5 Å². The molecule has 1 aromatic carbocycles. The second-order valence-electron chi connectivity index (χ2n) is 10.5. The normalized spacial score (nSPS) is 21.0. The van der Waals surface area contributed by atoms with E-state index in [1.807, 2.05) is 26.0 Å². The maximum absolute atomic E-state index is 13.8. The number of primary amides is 1. The summed E-state index contributed by atoms with van der Waals surface area (Å²) in [6, 6.07) is 4.05. The van der Waals surface area contributed by atoms with E-state index in [4.69, 9.17) is 15.2 Å². The second-order valence-corrected chi connectivity index (χ2v) is 10.5. The van der Waals surface area contributed by atoms with Crippen LogP contribution in [0.4, 0.5) is 4.79 Å². The van der Waals surface area contributed by atoms with Crippen LogP contribution in [0.1, 0.15) is 64.4 Å². The van der Waals surface area contributed by atoms with Crippen molar-refractivity contribution in [2.75, 3.05) is 27.3 Å². The van der Waals surface area contributed by atoms with Gasteiger partial charge in [-0.1, -0.05) is 33.1 Å². The summed E-state index contributed by atoms with van der Waals surface area (Å²) in [6.45, 7) is 5.19. The lowest BCUT2D eigenvalue weighted by Crippen LogP contribution is -2.65. The molecule has 0 unspecified atom stereocenters. The van der Waals surface area contributed by atoms with Crippen molar-refractivity contribution in [3.05, 3.63) is 23.8 Å². The number of piperazine rings is 1. The Hall–Kier alpha value is -2.97. The van der Waals surface area contributed by atoms with Gasteiger partial charge >= 0.3 is 6.03 Å². The van der Waals surface area contributed by atoms with E-state index in [1.54, 1.807) is 30.1 Å². The molecular formula is C27H42N4O5. The van der Waals surface area contributed by atoms with Gasteiger partial charge in [0.25, 0.3) is 0 Å². The Bertz CT molecular complexity index is 893. The molecule has 1 saturated heterocycles. The van der Waals surface area contributed by atoms with Crippen LogP contribution in [-0.4, -0.2) is 67.0 Å². The van der Waals surface area contributed by atoms with Crippen LogP contribution in [0, 0.1) is 11.8 Å². The van der Waals surface area contributed by atoms with Gasteiger partial charge in [0, 0.05) is 32.1 Å². The lowest BCUT2D eigenvalue weighted by atomic mass is 9.89. The minimum atomic E-state index is -0.665. The summed E-state index contributed by atoms with van der Waals surface area (Å²) in [5, 5.41) is 3.07. The van der Waals surface area contributed by atoms with Gasteiger partial charge in [-0.3, -0.25) is 9.59 Å². The maximum Gasteiger partial charge on any atom is 0.318 e. The molecule has 0 spiro atoms. The summed E-state index contributed by atoms with van der Waals surface area (Å²) in [5.41, 5.74) is 6.44. The molecule has 9 nitrogen and oxygen atoms in total. The smallest absolute Gasteiger partial charge is 0.318 e. The number of nitrogens with zero attached hydrogens (tertiary/aromatic N) is 2. The van der Waals surface area contributed by atoms with Crippen LogP contribution in [0.25, 0.3) is 0 Å². The molecule has 0 aromatic heterocycles. The largest absolute Gasteiger partial charge is 0.497 e. The van der Waals surface area contributed by atoms with Gasteiger partial charge in [0.1, 0.15) is 17.5 Å². The van der Waals surface area contributed by atoms with E-state index in [2.05, 4.69) is 5.32 Å². The highest BCUT2D eigenvalue weighted by Crippen LogP contribution is 2.29. The number of benzene rings is 1. The summed E-state index contributed by atoms with van der Waals surface area (Å²) in [6.07, 6.45) is 6.34. The van der Waals surface area contributed by atoms with Gasteiger partial charge in [-0.25, -0.2) is 4.79 Å². The van der Waals surface area contributed by atoms with Crippen LogP contribution < -0.4 is 20.5 Å². The first kappa shape index (κ1) is 27.6. The van der Waals surface area contributed by atoms with E-state index in [9.17, 15) is 14.4 Å². The molecule has 3 rings (SSSR count). The van der Waals surface area contributed by atoms with E-state index < -0.39 is 18.0 Å². The molecule has 36 heavy (non-hydrogen) atoms. The Morgan fingerprint density at radius 1 is 1.08 bits per heavy atom. The van der Waals surface area contributed by atoms with Crippen LogP contribution in [-0.2, 0) is 16.1 Å². The van der Waals surface area contributed by atoms with Crippen molar-refractivity contribution >= 4 is 17.8 Å². The van der Waals surface area contributed by atoms with Crippen molar-refractivity contribution < 1.29 is 23.9 Å². The topological polar surface area (TPSA) is 114 Å². The third-order valence-electron chi connectivity index (χ3n) is 7.17. The van der Waals surface area contributed by atoms with E-state index >= 15 is 0 Å². The van der Waals surface area contributed by atoms with E-state index in [0.29, 0.717) is 36.9 Å². The van der Waals surface area contributed by atoms with E-state index in [1.165, 1.54) is 19.3 Å². The summed E-state index contributed by atoms with van der Waals surface area (Å²) < 4.78 is 10.8. The molecule has 2 aliphatic rings. The fraction of sp³-hybridized carbons (Fsp3) is 0.667. The molecule has 1 aliphatic carbocycles. The molecular weight excluding hydrogens is 460 g/mol. The average molecular weight is 503 g/mol. The Labute approximate surface area is 214 Å². The highest BCUT2D eigenvalue weighted by Gasteiger charge is 2.44. The van der Waals surface area contributed by atoms with Crippen molar-refractivity contribution in [1.29, 1.82) is 0 Å². The number of carbonyl (C=O) groups is 3. The van der Waals surface area contributed by atoms with Crippen molar-refractivity contribution in [2.45, 2.75) is 77.4 Å². The lowest BCUT2D eigenvalue weighted by molar-refractivity contribution is -0.145. The molecule has 0 bridgehead atoms. The summed E-state index contributed by atoms with van der Waals surface area (Å²) in [5.74, 6) is 1.28. The minimum Gasteiger partial charge on any atom is -0.497 e. The van der Waals surface area contributed by atoms with Crippen LogP contribution in [0.3, 0.4) is 0 Å². The second kappa shape index (κ2) is 12.8. The number of ether oxygens (including phenoxy) is 2.